The van der Waals surface area contributed by atoms with E-state index in [-0.39, 0.29) is 23.5 Å². The maximum atomic E-state index is 14.5. The highest BCUT2D eigenvalue weighted by Gasteiger charge is 2.74. The number of rotatable bonds is 15. The first-order valence-electron chi connectivity index (χ1n) is 18.2. The molecule has 7 rings (SSSR count). The maximum absolute atomic E-state index is 14.5. The van der Waals surface area contributed by atoms with Crippen molar-refractivity contribution < 1.29 is 33.8 Å². The lowest BCUT2D eigenvalue weighted by Gasteiger charge is -2.63. The Kier molecular flexibility index (Phi) is 10.8. The van der Waals surface area contributed by atoms with Crippen LogP contribution in [-0.4, -0.2) is 61.3 Å². The fourth-order valence-electron chi connectivity index (χ4n) is 9.28. The smallest absolute Gasteiger partial charge is 0.270 e. The summed E-state index contributed by atoms with van der Waals surface area (Å²) < 4.78 is 30.7. The van der Waals surface area contributed by atoms with Crippen molar-refractivity contribution in [2.75, 3.05) is 32.8 Å². The number of halogens is 1. The topological polar surface area (TPSA) is 119 Å². The lowest BCUT2D eigenvalue weighted by Crippen LogP contribution is -2.75. The van der Waals surface area contributed by atoms with Crippen LogP contribution in [0.2, 0.25) is 0 Å². The molecule has 2 aromatic carbocycles. The van der Waals surface area contributed by atoms with E-state index in [9.17, 15) is 10.2 Å². The third-order valence-electron chi connectivity index (χ3n) is 11.1. The molecule has 50 heavy (non-hydrogen) atoms. The Labute approximate surface area is 305 Å². The molecule has 1 atom stereocenters. The highest BCUT2D eigenvalue weighted by Crippen LogP contribution is 2.64. The summed E-state index contributed by atoms with van der Waals surface area (Å²) in [6, 6.07) is 11.7. The predicted molar refractivity (Wildman–Crippen MR) is 199 cm³/mol. The standard InChI is InChI=1S/C40H54BrN3O6/c1-24(2)30-21-29(48-15-9-14-41)12-13-32(30)43-33(36-34(46-6)10-8-11-35(36)47-7)22-31(42)37(45)44-40(39(23-49-39)50-38(3,4)5)27-17-25-16-26(19-27)20-28(40)18-25/h8,10-13,21-22,24-28,42-43H,9,14-20,23H2,1-7H3,(H,44,45)/p+1/b33-22-,42-31?. The van der Waals surface area contributed by atoms with Crippen molar-refractivity contribution >= 4 is 38.9 Å². The van der Waals surface area contributed by atoms with Crippen molar-refractivity contribution in [1.82, 2.24) is 5.32 Å². The summed E-state index contributed by atoms with van der Waals surface area (Å²) in [7, 11) is 3.24. The molecule has 1 amide bonds. The monoisotopic (exact) mass is 752 g/mol. The SMILES string of the molecule is COc1cccc(OC)c1/C(=C/C(=N)C(=O)NC1(C2(OC(C)(C)C)CO2)C2CC3CC(C2)CC1C3)[NH2+]c1ccc(OCCCBr)cc1C(C)C. The number of ether oxygens (including phenoxy) is 5. The van der Waals surface area contributed by atoms with Crippen molar-refractivity contribution in [3.8, 4) is 17.2 Å². The van der Waals surface area contributed by atoms with Gasteiger partial charge in [0.15, 0.2) is 5.70 Å². The second-order valence-electron chi connectivity index (χ2n) is 15.9. The molecule has 10 heteroatoms. The van der Waals surface area contributed by atoms with Crippen LogP contribution in [0.15, 0.2) is 42.5 Å². The van der Waals surface area contributed by atoms with Crippen LogP contribution in [0.1, 0.15) is 90.2 Å². The third-order valence-corrected chi connectivity index (χ3v) is 11.6. The number of epoxide rings is 1. The minimum Gasteiger partial charge on any atom is -0.496 e. The van der Waals surface area contributed by atoms with Crippen molar-refractivity contribution in [3.63, 3.8) is 0 Å². The normalized spacial score (nSPS) is 28.5. The van der Waals surface area contributed by atoms with Gasteiger partial charge in [0, 0.05) is 23.0 Å². The number of hydrogen-bond acceptors (Lipinski definition) is 7. The van der Waals surface area contributed by atoms with E-state index in [1.165, 1.54) is 6.42 Å². The number of nitrogens with two attached hydrogens (primary N) is 1. The third kappa shape index (κ3) is 7.23. The van der Waals surface area contributed by atoms with Gasteiger partial charge in [0.25, 0.3) is 5.91 Å². The average molecular weight is 754 g/mol. The average Bonchev–Trinajstić information content (AvgIpc) is 3.84. The summed E-state index contributed by atoms with van der Waals surface area (Å²) >= 11 is 3.48. The molecule has 272 valence electrons. The molecule has 2 aromatic rings. The molecular formula is C40H55BrN3O6+. The van der Waals surface area contributed by atoms with E-state index in [2.05, 4.69) is 41.2 Å². The van der Waals surface area contributed by atoms with Gasteiger partial charge in [0.1, 0.15) is 46.4 Å². The fraction of sp³-hybridized carbons (Fsp3) is 0.600. The van der Waals surface area contributed by atoms with Crippen LogP contribution < -0.4 is 24.8 Å². The number of hydrogen-bond donors (Lipinski definition) is 3. The zero-order chi connectivity index (χ0) is 35.8. The van der Waals surface area contributed by atoms with Gasteiger partial charge in [0.05, 0.1) is 26.4 Å². The van der Waals surface area contributed by atoms with E-state index in [0.29, 0.717) is 47.8 Å². The lowest BCUT2D eigenvalue weighted by atomic mass is 9.47. The maximum Gasteiger partial charge on any atom is 0.270 e. The molecule has 1 aliphatic heterocycles. The number of methoxy groups -OCH3 is 2. The number of carbonyl (C=O) groups excluding carboxylic acids is 1. The van der Waals surface area contributed by atoms with Gasteiger partial charge in [-0.05, 0) is 113 Å². The van der Waals surface area contributed by atoms with Crippen LogP contribution in [-0.2, 0) is 14.3 Å². The van der Waals surface area contributed by atoms with Gasteiger partial charge >= 0.3 is 0 Å². The molecule has 1 saturated heterocycles. The summed E-state index contributed by atoms with van der Waals surface area (Å²) in [5, 5.41) is 15.7. The molecule has 0 radical (unpaired) electrons. The Bertz CT molecular complexity index is 1560. The highest BCUT2D eigenvalue weighted by molar-refractivity contribution is 9.09. The summed E-state index contributed by atoms with van der Waals surface area (Å²) in [5.41, 5.74) is 2.07. The van der Waals surface area contributed by atoms with Crippen LogP contribution in [0.25, 0.3) is 5.70 Å². The van der Waals surface area contributed by atoms with Crippen molar-refractivity contribution in [3.05, 3.63) is 53.6 Å². The molecular weight excluding hydrogens is 698 g/mol. The number of amides is 1. The van der Waals surface area contributed by atoms with E-state index < -0.39 is 22.8 Å². The van der Waals surface area contributed by atoms with Gasteiger partial charge in [-0.2, -0.15) is 0 Å². The van der Waals surface area contributed by atoms with Gasteiger partial charge in [-0.1, -0.05) is 35.8 Å². The van der Waals surface area contributed by atoms with Gasteiger partial charge < -0.3 is 29.0 Å². The minimum absolute atomic E-state index is 0.148. The van der Waals surface area contributed by atoms with Gasteiger partial charge in [-0.3, -0.25) is 15.5 Å². The van der Waals surface area contributed by atoms with Crippen LogP contribution in [0.5, 0.6) is 17.2 Å². The Morgan fingerprint density at radius 1 is 1.06 bits per heavy atom. The molecule has 4 bridgehead atoms. The van der Waals surface area contributed by atoms with E-state index in [1.807, 2.05) is 56.4 Å². The van der Waals surface area contributed by atoms with Crippen LogP contribution in [0.3, 0.4) is 0 Å². The molecule has 1 heterocycles. The van der Waals surface area contributed by atoms with Crippen molar-refractivity contribution in [2.24, 2.45) is 23.7 Å². The summed E-state index contributed by atoms with van der Waals surface area (Å²) in [5.74, 6) is 2.72. The zero-order valence-corrected chi connectivity index (χ0v) is 32.3. The molecule has 1 unspecified atom stereocenters. The van der Waals surface area contributed by atoms with E-state index in [4.69, 9.17) is 23.7 Å². The summed E-state index contributed by atoms with van der Waals surface area (Å²) in [4.78, 5) is 14.5. The Hall–Kier alpha value is -2.92. The first kappa shape index (κ1) is 36.9. The number of nitrogens with one attached hydrogen (secondary N) is 2. The second kappa shape index (κ2) is 14.6. The second-order valence-corrected chi connectivity index (χ2v) is 16.7. The lowest BCUT2D eigenvalue weighted by molar-refractivity contribution is -0.469. The molecule has 4 N–H and O–H groups in total. The largest absolute Gasteiger partial charge is 0.496 e. The van der Waals surface area contributed by atoms with E-state index in [0.717, 1.165) is 54.4 Å². The summed E-state index contributed by atoms with van der Waals surface area (Å²) in [6.45, 7) is 11.5. The van der Waals surface area contributed by atoms with Crippen molar-refractivity contribution in [1.29, 1.82) is 5.41 Å². The van der Waals surface area contributed by atoms with Crippen molar-refractivity contribution in [2.45, 2.75) is 96.0 Å². The molecule has 5 fully saturated rings. The number of carbonyl (C=O) groups is 1. The quantitative estimate of drug-likeness (QED) is 0.0588. The molecule has 5 aliphatic rings. The molecule has 4 aliphatic carbocycles. The first-order valence-corrected chi connectivity index (χ1v) is 19.3. The van der Waals surface area contributed by atoms with Crippen LogP contribution >= 0.6 is 15.9 Å². The van der Waals surface area contributed by atoms with Gasteiger partial charge in [0.2, 0.25) is 5.79 Å². The Morgan fingerprint density at radius 3 is 2.20 bits per heavy atom. The predicted octanol–water partition coefficient (Wildman–Crippen LogP) is 7.10. The molecule has 4 saturated carbocycles. The van der Waals surface area contributed by atoms with Crippen LogP contribution in [0.4, 0.5) is 5.69 Å². The molecule has 9 nitrogen and oxygen atoms in total. The summed E-state index contributed by atoms with van der Waals surface area (Å²) in [6.07, 6.45) is 8.07. The Morgan fingerprint density at radius 2 is 1.68 bits per heavy atom. The number of quaternary nitrogens is 1. The highest BCUT2D eigenvalue weighted by atomic mass is 79.9. The fourth-order valence-corrected chi connectivity index (χ4v) is 9.50. The van der Waals surface area contributed by atoms with E-state index in [1.54, 1.807) is 20.3 Å². The number of alkyl halides is 1. The first-order chi connectivity index (χ1) is 23.8. The Balaban J connectivity index is 1.38. The van der Waals surface area contributed by atoms with Gasteiger partial charge in [-0.25, -0.2) is 0 Å². The molecule has 0 spiro atoms. The zero-order valence-electron chi connectivity index (χ0n) is 30.7. The van der Waals surface area contributed by atoms with Crippen LogP contribution in [0, 0.1) is 29.1 Å². The minimum atomic E-state index is -0.890. The van der Waals surface area contributed by atoms with Gasteiger partial charge in [-0.15, -0.1) is 0 Å². The molecule has 0 aromatic heterocycles. The van der Waals surface area contributed by atoms with E-state index >= 15 is 0 Å². The number of benzene rings is 2.